The molecule has 0 aliphatic rings. The zero-order valence-electron chi connectivity index (χ0n) is 9.29. The maximum absolute atomic E-state index is 5.70. The highest BCUT2D eigenvalue weighted by Crippen LogP contribution is 2.16. The molecule has 0 spiro atoms. The summed E-state index contributed by atoms with van der Waals surface area (Å²) in [7, 11) is 2.47. The van der Waals surface area contributed by atoms with Gasteiger partial charge in [-0.15, -0.1) is 6.58 Å². The van der Waals surface area contributed by atoms with E-state index in [-0.39, 0.29) is 6.04 Å². The van der Waals surface area contributed by atoms with E-state index >= 15 is 0 Å². The lowest BCUT2D eigenvalue weighted by atomic mass is 10.2. The summed E-state index contributed by atoms with van der Waals surface area (Å²) in [5.74, 6) is 0. The molecule has 0 heterocycles. The molecule has 84 valence electrons. The first-order valence-corrected chi connectivity index (χ1v) is 6.61. The number of nitrogens with two attached hydrogens (primary N) is 1. The summed E-state index contributed by atoms with van der Waals surface area (Å²) >= 11 is 0. The van der Waals surface area contributed by atoms with Crippen molar-refractivity contribution < 1.29 is 13.3 Å². The SMILES string of the molecule is C=CC(N)CCC[Si](OC)(OC)OC. The number of hydrogen-bond acceptors (Lipinski definition) is 4. The van der Waals surface area contributed by atoms with Gasteiger partial charge in [-0.05, 0) is 12.8 Å². The van der Waals surface area contributed by atoms with Gasteiger partial charge >= 0.3 is 8.80 Å². The molecule has 0 aliphatic heterocycles. The van der Waals surface area contributed by atoms with Crippen LogP contribution in [0.2, 0.25) is 6.04 Å². The van der Waals surface area contributed by atoms with Crippen molar-refractivity contribution in [2.75, 3.05) is 21.3 Å². The van der Waals surface area contributed by atoms with Crippen LogP contribution in [-0.4, -0.2) is 36.2 Å². The summed E-state index contributed by atoms with van der Waals surface area (Å²) < 4.78 is 15.8. The smallest absolute Gasteiger partial charge is 0.377 e. The van der Waals surface area contributed by atoms with Crippen LogP contribution < -0.4 is 5.73 Å². The first kappa shape index (κ1) is 13.8. The van der Waals surface area contributed by atoms with Gasteiger partial charge in [0.2, 0.25) is 0 Å². The summed E-state index contributed by atoms with van der Waals surface area (Å²) in [5.41, 5.74) is 5.70. The topological polar surface area (TPSA) is 53.7 Å². The van der Waals surface area contributed by atoms with E-state index in [1.54, 1.807) is 27.4 Å². The van der Waals surface area contributed by atoms with Crippen LogP contribution in [0.5, 0.6) is 0 Å². The summed E-state index contributed by atoms with van der Waals surface area (Å²) in [6, 6.07) is 0.838. The van der Waals surface area contributed by atoms with Gasteiger partial charge in [0.1, 0.15) is 0 Å². The molecule has 0 saturated carbocycles. The van der Waals surface area contributed by atoms with E-state index in [9.17, 15) is 0 Å². The summed E-state index contributed by atoms with van der Waals surface area (Å²) in [5, 5.41) is 0. The van der Waals surface area contributed by atoms with Crippen molar-refractivity contribution in [1.82, 2.24) is 0 Å². The molecule has 5 heteroatoms. The molecular formula is C9H21NO3Si. The Kier molecular flexibility index (Phi) is 7.03. The third-order valence-electron chi connectivity index (χ3n) is 2.26. The minimum absolute atomic E-state index is 0.0484. The fourth-order valence-electron chi connectivity index (χ4n) is 1.23. The van der Waals surface area contributed by atoms with Gasteiger partial charge < -0.3 is 19.0 Å². The quantitative estimate of drug-likeness (QED) is 0.491. The molecule has 0 radical (unpaired) electrons. The number of rotatable bonds is 8. The molecule has 0 amide bonds. The molecular weight excluding hydrogens is 198 g/mol. The Bertz CT molecular complexity index is 154. The highest BCUT2D eigenvalue weighted by Gasteiger charge is 2.36. The third kappa shape index (κ3) is 4.34. The maximum atomic E-state index is 5.70. The maximum Gasteiger partial charge on any atom is 0.500 e. The molecule has 0 fully saturated rings. The monoisotopic (exact) mass is 219 g/mol. The second kappa shape index (κ2) is 7.14. The molecule has 0 saturated heterocycles. The van der Waals surface area contributed by atoms with Crippen molar-refractivity contribution >= 4 is 8.80 Å². The standard InChI is InChI=1S/C9H21NO3Si/c1-5-9(10)7-6-8-14(11-2,12-3)13-4/h5,9H,1,6-8,10H2,2-4H3. The lowest BCUT2D eigenvalue weighted by molar-refractivity contribution is 0.122. The van der Waals surface area contributed by atoms with E-state index < -0.39 is 8.80 Å². The number of hydrogen-bond donors (Lipinski definition) is 1. The predicted molar refractivity (Wildman–Crippen MR) is 59.0 cm³/mol. The Morgan fingerprint density at radius 3 is 2.14 bits per heavy atom. The molecule has 0 aliphatic carbocycles. The lowest BCUT2D eigenvalue weighted by Crippen LogP contribution is -2.42. The minimum atomic E-state index is -2.39. The Hall–Kier alpha value is -0.203. The Balaban J connectivity index is 3.88. The fourth-order valence-corrected chi connectivity index (χ4v) is 2.98. The molecule has 0 bridgehead atoms. The van der Waals surface area contributed by atoms with Crippen molar-refractivity contribution in [1.29, 1.82) is 0 Å². The van der Waals surface area contributed by atoms with Gasteiger partial charge in [-0.2, -0.15) is 0 Å². The summed E-state index contributed by atoms with van der Waals surface area (Å²) in [4.78, 5) is 0. The Morgan fingerprint density at radius 1 is 1.29 bits per heavy atom. The van der Waals surface area contributed by atoms with Crippen LogP contribution in [0.3, 0.4) is 0 Å². The van der Waals surface area contributed by atoms with Crippen molar-refractivity contribution in [3.8, 4) is 0 Å². The van der Waals surface area contributed by atoms with E-state index in [2.05, 4.69) is 6.58 Å². The second-order valence-corrected chi connectivity index (χ2v) is 6.18. The zero-order valence-corrected chi connectivity index (χ0v) is 10.3. The van der Waals surface area contributed by atoms with Gasteiger partial charge in [-0.1, -0.05) is 6.08 Å². The van der Waals surface area contributed by atoms with E-state index in [0.29, 0.717) is 0 Å². The lowest BCUT2D eigenvalue weighted by Gasteiger charge is -2.24. The molecule has 0 aromatic carbocycles. The Morgan fingerprint density at radius 2 is 1.79 bits per heavy atom. The highest BCUT2D eigenvalue weighted by molar-refractivity contribution is 6.60. The molecule has 0 aromatic rings. The van der Waals surface area contributed by atoms with Crippen molar-refractivity contribution in [2.24, 2.45) is 5.73 Å². The highest BCUT2D eigenvalue weighted by atomic mass is 28.4. The van der Waals surface area contributed by atoms with Crippen molar-refractivity contribution in [2.45, 2.75) is 24.9 Å². The van der Waals surface area contributed by atoms with Gasteiger partial charge in [0, 0.05) is 33.4 Å². The summed E-state index contributed by atoms with van der Waals surface area (Å²) in [6.45, 7) is 3.63. The molecule has 1 unspecified atom stereocenters. The average Bonchev–Trinajstić information content (AvgIpc) is 2.25. The molecule has 0 rings (SSSR count). The van der Waals surface area contributed by atoms with Crippen LogP contribution in [0.25, 0.3) is 0 Å². The van der Waals surface area contributed by atoms with Crippen molar-refractivity contribution in [3.63, 3.8) is 0 Å². The largest absolute Gasteiger partial charge is 0.500 e. The van der Waals surface area contributed by atoms with Crippen LogP contribution in [0.15, 0.2) is 12.7 Å². The van der Waals surface area contributed by atoms with Crippen LogP contribution >= 0.6 is 0 Å². The Labute approximate surface area is 87.4 Å². The van der Waals surface area contributed by atoms with Gasteiger partial charge in [-0.25, -0.2) is 0 Å². The normalized spacial score (nSPS) is 14.0. The van der Waals surface area contributed by atoms with E-state index in [4.69, 9.17) is 19.0 Å². The van der Waals surface area contributed by atoms with Crippen molar-refractivity contribution in [3.05, 3.63) is 12.7 Å². The molecule has 14 heavy (non-hydrogen) atoms. The predicted octanol–water partition coefficient (Wildman–Crippen LogP) is 1.16. The van der Waals surface area contributed by atoms with Gasteiger partial charge in [-0.3, -0.25) is 0 Å². The van der Waals surface area contributed by atoms with Gasteiger partial charge in [0.25, 0.3) is 0 Å². The first-order chi connectivity index (χ1) is 6.64. The molecule has 1 atom stereocenters. The average molecular weight is 219 g/mol. The fraction of sp³-hybridized carbons (Fsp3) is 0.778. The van der Waals surface area contributed by atoms with E-state index in [1.807, 2.05) is 0 Å². The molecule has 2 N–H and O–H groups in total. The molecule has 4 nitrogen and oxygen atoms in total. The third-order valence-corrected chi connectivity index (χ3v) is 5.09. The van der Waals surface area contributed by atoms with E-state index in [0.717, 1.165) is 18.9 Å². The minimum Gasteiger partial charge on any atom is -0.377 e. The molecule has 0 aromatic heterocycles. The van der Waals surface area contributed by atoms with Gasteiger partial charge in [0.05, 0.1) is 0 Å². The van der Waals surface area contributed by atoms with Crippen LogP contribution in [0, 0.1) is 0 Å². The van der Waals surface area contributed by atoms with Crippen LogP contribution in [0.1, 0.15) is 12.8 Å². The zero-order chi connectivity index (χ0) is 11.0. The first-order valence-electron chi connectivity index (χ1n) is 4.67. The summed E-state index contributed by atoms with van der Waals surface area (Å²) in [6.07, 6.45) is 3.55. The van der Waals surface area contributed by atoms with Crippen LogP contribution in [0.4, 0.5) is 0 Å². The van der Waals surface area contributed by atoms with Gasteiger partial charge in [0.15, 0.2) is 0 Å². The van der Waals surface area contributed by atoms with Crippen LogP contribution in [-0.2, 0) is 13.3 Å². The second-order valence-electron chi connectivity index (χ2n) is 3.09. The van der Waals surface area contributed by atoms with E-state index in [1.165, 1.54) is 0 Å².